The Kier molecular flexibility index (Phi) is 3.16. The molecule has 3 nitrogen and oxygen atoms in total. The standard InChI is InChI=1S/C13H17F3N2O/c1-12(2)10(6-11(12)19)18-7-3-4-9(17)8(5-7)13(14,15)16/h3-5,10-11,18-19H,6,17H2,1-2H3. The van der Waals surface area contributed by atoms with Crippen molar-refractivity contribution in [2.75, 3.05) is 11.1 Å². The number of hydrogen-bond donors (Lipinski definition) is 3. The van der Waals surface area contributed by atoms with Gasteiger partial charge in [0.1, 0.15) is 0 Å². The summed E-state index contributed by atoms with van der Waals surface area (Å²) in [4.78, 5) is 0. The highest BCUT2D eigenvalue weighted by molar-refractivity contribution is 5.59. The van der Waals surface area contributed by atoms with Gasteiger partial charge in [0.05, 0.1) is 11.7 Å². The third-order valence-electron chi connectivity index (χ3n) is 3.92. The highest BCUT2D eigenvalue weighted by atomic mass is 19.4. The number of nitrogens with two attached hydrogens (primary N) is 1. The van der Waals surface area contributed by atoms with Gasteiger partial charge in [-0.05, 0) is 24.6 Å². The Morgan fingerprint density at radius 3 is 2.47 bits per heavy atom. The molecular formula is C13H17F3N2O. The van der Waals surface area contributed by atoms with E-state index in [0.29, 0.717) is 12.1 Å². The summed E-state index contributed by atoms with van der Waals surface area (Å²) >= 11 is 0. The van der Waals surface area contributed by atoms with Crippen molar-refractivity contribution in [1.82, 2.24) is 0 Å². The zero-order valence-electron chi connectivity index (χ0n) is 10.8. The van der Waals surface area contributed by atoms with E-state index in [9.17, 15) is 18.3 Å². The highest BCUT2D eigenvalue weighted by Gasteiger charge is 2.47. The van der Waals surface area contributed by atoms with Crippen LogP contribution < -0.4 is 11.1 Å². The quantitative estimate of drug-likeness (QED) is 0.727. The molecule has 1 aliphatic rings. The molecular weight excluding hydrogens is 257 g/mol. The summed E-state index contributed by atoms with van der Waals surface area (Å²) in [6.07, 6.45) is -4.37. The van der Waals surface area contributed by atoms with Crippen LogP contribution in [0.4, 0.5) is 24.5 Å². The fraction of sp³-hybridized carbons (Fsp3) is 0.538. The Hall–Kier alpha value is -1.43. The Balaban J connectivity index is 2.19. The lowest BCUT2D eigenvalue weighted by Crippen LogP contribution is -2.56. The molecule has 1 aliphatic carbocycles. The van der Waals surface area contributed by atoms with Crippen LogP contribution in [-0.4, -0.2) is 17.3 Å². The molecule has 1 fully saturated rings. The fourth-order valence-corrected chi connectivity index (χ4v) is 2.24. The number of aliphatic hydroxyl groups excluding tert-OH is 1. The Morgan fingerprint density at radius 2 is 2.00 bits per heavy atom. The molecule has 0 radical (unpaired) electrons. The van der Waals surface area contributed by atoms with E-state index in [4.69, 9.17) is 5.73 Å². The van der Waals surface area contributed by atoms with Crippen LogP contribution in [0.25, 0.3) is 0 Å². The van der Waals surface area contributed by atoms with Crippen LogP contribution in [-0.2, 0) is 6.18 Å². The van der Waals surface area contributed by atoms with Crippen LogP contribution in [0.15, 0.2) is 18.2 Å². The Morgan fingerprint density at radius 1 is 1.37 bits per heavy atom. The molecule has 6 heteroatoms. The summed E-state index contributed by atoms with van der Waals surface area (Å²) in [5.41, 5.74) is 4.24. The van der Waals surface area contributed by atoms with Crippen molar-refractivity contribution >= 4 is 11.4 Å². The van der Waals surface area contributed by atoms with Crippen molar-refractivity contribution in [2.45, 2.75) is 38.6 Å². The van der Waals surface area contributed by atoms with E-state index in [0.717, 1.165) is 6.07 Å². The summed E-state index contributed by atoms with van der Waals surface area (Å²) < 4.78 is 38.2. The van der Waals surface area contributed by atoms with E-state index in [2.05, 4.69) is 5.32 Å². The second-order valence-electron chi connectivity index (χ2n) is 5.57. The number of nitrogens with one attached hydrogen (secondary N) is 1. The number of aliphatic hydroxyl groups is 1. The van der Waals surface area contributed by atoms with Gasteiger partial charge in [0, 0.05) is 22.8 Å². The average molecular weight is 274 g/mol. The van der Waals surface area contributed by atoms with Crippen molar-refractivity contribution in [3.8, 4) is 0 Å². The number of alkyl halides is 3. The second kappa shape index (κ2) is 4.30. The van der Waals surface area contributed by atoms with E-state index in [1.807, 2.05) is 13.8 Å². The first-order valence-corrected chi connectivity index (χ1v) is 6.03. The van der Waals surface area contributed by atoms with E-state index in [1.54, 1.807) is 0 Å². The fourth-order valence-electron chi connectivity index (χ4n) is 2.24. The van der Waals surface area contributed by atoms with Crippen molar-refractivity contribution in [2.24, 2.45) is 5.41 Å². The minimum absolute atomic E-state index is 0.0489. The van der Waals surface area contributed by atoms with Gasteiger partial charge in [0.25, 0.3) is 0 Å². The maximum Gasteiger partial charge on any atom is 0.418 e. The summed E-state index contributed by atoms with van der Waals surface area (Å²) in [5, 5.41) is 12.6. The van der Waals surface area contributed by atoms with Gasteiger partial charge in [-0.1, -0.05) is 13.8 Å². The smallest absolute Gasteiger partial charge is 0.398 e. The van der Waals surface area contributed by atoms with Gasteiger partial charge in [0.15, 0.2) is 0 Å². The molecule has 2 unspecified atom stereocenters. The first kappa shape index (κ1) is 14.0. The molecule has 0 bridgehead atoms. The molecule has 0 amide bonds. The van der Waals surface area contributed by atoms with Gasteiger partial charge >= 0.3 is 6.18 Å². The molecule has 106 valence electrons. The molecule has 2 rings (SSSR count). The summed E-state index contributed by atoms with van der Waals surface area (Å²) in [6.45, 7) is 3.75. The maximum absolute atomic E-state index is 12.7. The van der Waals surface area contributed by atoms with Crippen LogP contribution in [0.5, 0.6) is 0 Å². The lowest BCUT2D eigenvalue weighted by molar-refractivity contribution is -0.136. The average Bonchev–Trinajstić information content (AvgIpc) is 2.29. The summed E-state index contributed by atoms with van der Waals surface area (Å²) in [7, 11) is 0. The monoisotopic (exact) mass is 274 g/mol. The molecule has 4 N–H and O–H groups in total. The predicted octanol–water partition coefficient (Wildman–Crippen LogP) is 2.86. The number of benzene rings is 1. The topological polar surface area (TPSA) is 58.3 Å². The summed E-state index contributed by atoms with van der Waals surface area (Å²) in [5.74, 6) is 0. The van der Waals surface area contributed by atoms with Gasteiger partial charge in [-0.2, -0.15) is 13.2 Å². The predicted molar refractivity (Wildman–Crippen MR) is 67.7 cm³/mol. The van der Waals surface area contributed by atoms with Crippen LogP contribution >= 0.6 is 0 Å². The minimum Gasteiger partial charge on any atom is -0.398 e. The lowest BCUT2D eigenvalue weighted by atomic mass is 9.64. The van der Waals surface area contributed by atoms with Gasteiger partial charge in [-0.25, -0.2) is 0 Å². The highest BCUT2D eigenvalue weighted by Crippen LogP contribution is 2.43. The maximum atomic E-state index is 12.7. The molecule has 0 heterocycles. The zero-order chi connectivity index (χ0) is 14.4. The Bertz CT molecular complexity index is 485. The van der Waals surface area contributed by atoms with Gasteiger partial charge in [-0.3, -0.25) is 0 Å². The molecule has 0 saturated heterocycles. The van der Waals surface area contributed by atoms with Gasteiger partial charge in [-0.15, -0.1) is 0 Å². The van der Waals surface area contributed by atoms with Crippen molar-refractivity contribution in [1.29, 1.82) is 0 Å². The molecule has 0 spiro atoms. The van der Waals surface area contributed by atoms with Crippen molar-refractivity contribution in [3.63, 3.8) is 0 Å². The Labute approximate surface area is 109 Å². The van der Waals surface area contributed by atoms with Gasteiger partial charge < -0.3 is 16.2 Å². The molecule has 0 aromatic heterocycles. The first-order valence-electron chi connectivity index (χ1n) is 6.03. The van der Waals surface area contributed by atoms with Crippen LogP contribution in [0, 0.1) is 5.41 Å². The molecule has 19 heavy (non-hydrogen) atoms. The molecule has 1 aromatic carbocycles. The summed E-state index contributed by atoms with van der Waals surface area (Å²) in [6, 6.07) is 3.72. The van der Waals surface area contributed by atoms with Gasteiger partial charge in [0.2, 0.25) is 0 Å². The number of anilines is 2. The first-order chi connectivity index (χ1) is 8.62. The van der Waals surface area contributed by atoms with E-state index >= 15 is 0 Å². The third-order valence-corrected chi connectivity index (χ3v) is 3.92. The number of rotatable bonds is 2. The van der Waals surface area contributed by atoms with Crippen molar-refractivity contribution < 1.29 is 18.3 Å². The molecule has 2 atom stereocenters. The molecule has 1 saturated carbocycles. The van der Waals surface area contributed by atoms with Crippen LogP contribution in [0.2, 0.25) is 0 Å². The zero-order valence-corrected chi connectivity index (χ0v) is 10.8. The van der Waals surface area contributed by atoms with E-state index in [-0.39, 0.29) is 17.1 Å². The van der Waals surface area contributed by atoms with E-state index < -0.39 is 17.8 Å². The lowest BCUT2D eigenvalue weighted by Gasteiger charge is -2.49. The minimum atomic E-state index is -4.46. The number of halogens is 3. The second-order valence-corrected chi connectivity index (χ2v) is 5.57. The number of hydrogen-bond acceptors (Lipinski definition) is 3. The van der Waals surface area contributed by atoms with Crippen LogP contribution in [0.1, 0.15) is 25.8 Å². The van der Waals surface area contributed by atoms with E-state index in [1.165, 1.54) is 12.1 Å². The SMILES string of the molecule is CC1(C)C(O)CC1Nc1ccc(N)c(C(F)(F)F)c1. The number of nitrogen functional groups attached to an aromatic ring is 1. The van der Waals surface area contributed by atoms with Crippen LogP contribution in [0.3, 0.4) is 0 Å². The van der Waals surface area contributed by atoms with Crippen molar-refractivity contribution in [3.05, 3.63) is 23.8 Å². The third kappa shape index (κ3) is 2.49. The normalized spacial score (nSPS) is 25.8. The molecule has 1 aromatic rings. The largest absolute Gasteiger partial charge is 0.418 e. The molecule has 0 aliphatic heterocycles.